The Labute approximate surface area is 167 Å². The number of hydrogen-bond acceptors (Lipinski definition) is 4. The summed E-state index contributed by atoms with van der Waals surface area (Å²) in [4.78, 5) is 16.6. The monoisotopic (exact) mass is 384 g/mol. The summed E-state index contributed by atoms with van der Waals surface area (Å²) in [5.74, 6) is 0. The van der Waals surface area contributed by atoms with E-state index >= 15 is 0 Å². The van der Waals surface area contributed by atoms with E-state index in [0.29, 0.717) is 11.5 Å². The number of likely N-dealkylation sites (tertiary alicyclic amines) is 1. The molecule has 6 nitrogen and oxygen atoms in total. The zero-order valence-corrected chi connectivity index (χ0v) is 17.7. The highest BCUT2D eigenvalue weighted by molar-refractivity contribution is 5.83. The molecule has 0 unspecified atom stereocenters. The molecule has 3 heterocycles. The van der Waals surface area contributed by atoms with Crippen molar-refractivity contribution in [3.05, 3.63) is 24.4 Å². The molecule has 0 aliphatic carbocycles. The van der Waals surface area contributed by atoms with Gasteiger partial charge in [0.25, 0.3) is 0 Å². The lowest BCUT2D eigenvalue weighted by molar-refractivity contribution is 0.00598. The number of aromatic nitrogens is 2. The maximum atomic E-state index is 12.3. The van der Waals surface area contributed by atoms with E-state index in [-0.39, 0.29) is 6.09 Å². The summed E-state index contributed by atoms with van der Waals surface area (Å²) >= 11 is 0. The molecule has 2 aliphatic heterocycles. The van der Waals surface area contributed by atoms with Gasteiger partial charge in [-0.3, -0.25) is 4.68 Å². The molecule has 1 spiro atoms. The minimum absolute atomic E-state index is 0.175. The van der Waals surface area contributed by atoms with E-state index in [9.17, 15) is 4.79 Å². The van der Waals surface area contributed by atoms with Crippen molar-refractivity contribution < 1.29 is 9.53 Å². The van der Waals surface area contributed by atoms with Gasteiger partial charge in [0.2, 0.25) is 0 Å². The second-order valence-electron chi connectivity index (χ2n) is 9.75. The van der Waals surface area contributed by atoms with E-state index in [1.54, 1.807) is 0 Å². The molecule has 1 aromatic carbocycles. The van der Waals surface area contributed by atoms with Gasteiger partial charge in [-0.05, 0) is 65.7 Å². The maximum absolute atomic E-state index is 12.3. The predicted molar refractivity (Wildman–Crippen MR) is 112 cm³/mol. The topological polar surface area (TPSA) is 50.6 Å². The van der Waals surface area contributed by atoms with E-state index in [1.165, 1.54) is 16.6 Å². The van der Waals surface area contributed by atoms with Crippen LogP contribution < -0.4 is 4.90 Å². The Morgan fingerprint density at radius 1 is 1.18 bits per heavy atom. The van der Waals surface area contributed by atoms with Gasteiger partial charge in [-0.25, -0.2) is 4.79 Å². The molecule has 1 amide bonds. The molecule has 4 rings (SSSR count). The van der Waals surface area contributed by atoms with Crippen LogP contribution in [0.3, 0.4) is 0 Å². The van der Waals surface area contributed by atoms with E-state index < -0.39 is 5.60 Å². The molecular formula is C22H32N4O2. The summed E-state index contributed by atoms with van der Waals surface area (Å²) < 4.78 is 7.61. The third-order valence-corrected chi connectivity index (χ3v) is 5.96. The number of carbonyl (C=O) groups excluding carboxylic acids is 1. The first-order valence-electron chi connectivity index (χ1n) is 10.4. The normalized spacial score (nSPS) is 19.4. The van der Waals surface area contributed by atoms with Gasteiger partial charge in [-0.2, -0.15) is 5.10 Å². The summed E-state index contributed by atoms with van der Waals surface area (Å²) in [5.41, 5.74) is 2.38. The number of anilines is 1. The largest absolute Gasteiger partial charge is 0.444 e. The van der Waals surface area contributed by atoms with Crippen molar-refractivity contribution in [1.29, 1.82) is 0 Å². The molecule has 0 saturated carbocycles. The van der Waals surface area contributed by atoms with E-state index in [4.69, 9.17) is 4.74 Å². The van der Waals surface area contributed by atoms with E-state index in [0.717, 1.165) is 39.0 Å². The van der Waals surface area contributed by atoms with Gasteiger partial charge in [-0.15, -0.1) is 0 Å². The first-order chi connectivity index (χ1) is 13.2. The van der Waals surface area contributed by atoms with Gasteiger partial charge in [0.05, 0.1) is 11.7 Å². The lowest BCUT2D eigenvalue weighted by Crippen LogP contribution is -2.61. The summed E-state index contributed by atoms with van der Waals surface area (Å²) in [6.07, 6.45) is 3.87. The number of fused-ring (bicyclic) bond motifs is 1. The van der Waals surface area contributed by atoms with E-state index in [2.05, 4.69) is 46.7 Å². The van der Waals surface area contributed by atoms with Crippen molar-refractivity contribution in [1.82, 2.24) is 14.7 Å². The number of piperidine rings is 1. The third-order valence-electron chi connectivity index (χ3n) is 5.96. The number of carbonyl (C=O) groups is 1. The predicted octanol–water partition coefficient (Wildman–Crippen LogP) is 4.45. The van der Waals surface area contributed by atoms with Gasteiger partial charge in [0.1, 0.15) is 5.60 Å². The number of rotatable bonds is 2. The van der Waals surface area contributed by atoms with Crippen LogP contribution in [0.4, 0.5) is 10.5 Å². The fourth-order valence-corrected chi connectivity index (χ4v) is 4.39. The average molecular weight is 385 g/mol. The Morgan fingerprint density at radius 2 is 1.86 bits per heavy atom. The SMILES string of the molecule is CC(C)n1ncc2ccc(N3CC4(CCN(C(=O)OC(C)(C)C)CC4)C3)cc21. The summed E-state index contributed by atoms with van der Waals surface area (Å²) in [7, 11) is 0. The molecule has 2 saturated heterocycles. The fraction of sp³-hybridized carbons (Fsp3) is 0.636. The smallest absolute Gasteiger partial charge is 0.410 e. The number of ether oxygens (including phenoxy) is 1. The number of amides is 1. The average Bonchev–Trinajstić information content (AvgIpc) is 3.01. The number of nitrogens with zero attached hydrogens (tertiary/aromatic N) is 4. The van der Waals surface area contributed by atoms with Crippen molar-refractivity contribution in [2.75, 3.05) is 31.1 Å². The van der Waals surface area contributed by atoms with Crippen molar-refractivity contribution in [3.8, 4) is 0 Å². The Kier molecular flexibility index (Phi) is 4.55. The molecule has 2 fully saturated rings. The van der Waals surface area contributed by atoms with Crippen LogP contribution in [0.1, 0.15) is 53.5 Å². The molecule has 28 heavy (non-hydrogen) atoms. The Morgan fingerprint density at radius 3 is 2.46 bits per heavy atom. The molecular weight excluding hydrogens is 352 g/mol. The zero-order chi connectivity index (χ0) is 20.1. The van der Waals surface area contributed by atoms with Crippen LogP contribution in [-0.4, -0.2) is 52.6 Å². The third kappa shape index (κ3) is 3.56. The van der Waals surface area contributed by atoms with Crippen LogP contribution in [0, 0.1) is 5.41 Å². The quantitative estimate of drug-likeness (QED) is 0.767. The van der Waals surface area contributed by atoms with Crippen LogP contribution in [0.5, 0.6) is 0 Å². The Bertz CT molecular complexity index is 864. The van der Waals surface area contributed by atoms with Crippen molar-refractivity contribution >= 4 is 22.7 Å². The zero-order valence-electron chi connectivity index (χ0n) is 17.7. The lowest BCUT2D eigenvalue weighted by atomic mass is 9.72. The van der Waals surface area contributed by atoms with Gasteiger partial charge < -0.3 is 14.5 Å². The highest BCUT2D eigenvalue weighted by atomic mass is 16.6. The van der Waals surface area contributed by atoms with Crippen LogP contribution in [0.25, 0.3) is 10.9 Å². The van der Waals surface area contributed by atoms with Gasteiger partial charge in [0.15, 0.2) is 0 Å². The van der Waals surface area contributed by atoms with Crippen LogP contribution >= 0.6 is 0 Å². The van der Waals surface area contributed by atoms with Gasteiger partial charge in [-0.1, -0.05) is 0 Å². The first-order valence-corrected chi connectivity index (χ1v) is 10.4. The first kappa shape index (κ1) is 19.1. The number of hydrogen-bond donors (Lipinski definition) is 0. The highest BCUT2D eigenvalue weighted by Gasteiger charge is 2.46. The molecule has 0 N–H and O–H groups in total. The second-order valence-corrected chi connectivity index (χ2v) is 9.75. The van der Waals surface area contributed by atoms with Crippen molar-refractivity contribution in [2.45, 2.75) is 59.1 Å². The van der Waals surface area contributed by atoms with Crippen LogP contribution in [0.15, 0.2) is 24.4 Å². The van der Waals surface area contributed by atoms with E-state index in [1.807, 2.05) is 31.9 Å². The number of benzene rings is 1. The molecule has 6 heteroatoms. The van der Waals surface area contributed by atoms with Crippen LogP contribution in [-0.2, 0) is 4.74 Å². The minimum atomic E-state index is -0.430. The molecule has 2 aromatic rings. The van der Waals surface area contributed by atoms with Gasteiger partial charge >= 0.3 is 6.09 Å². The lowest BCUT2D eigenvalue weighted by Gasteiger charge is -2.55. The summed E-state index contributed by atoms with van der Waals surface area (Å²) in [5, 5.41) is 5.71. The van der Waals surface area contributed by atoms with Crippen molar-refractivity contribution in [2.24, 2.45) is 5.41 Å². The molecule has 0 atom stereocenters. The maximum Gasteiger partial charge on any atom is 0.410 e. The highest BCUT2D eigenvalue weighted by Crippen LogP contribution is 2.43. The Hall–Kier alpha value is -2.24. The second kappa shape index (κ2) is 6.68. The standard InChI is InChI=1S/C22H32N4O2/c1-16(2)26-19-12-18(7-6-17(19)13-23-26)25-14-22(15-25)8-10-24(11-9-22)20(27)28-21(3,4)5/h6-7,12-13,16H,8-11,14-15H2,1-5H3. The summed E-state index contributed by atoms with van der Waals surface area (Å²) in [6, 6.07) is 7.00. The van der Waals surface area contributed by atoms with Crippen molar-refractivity contribution in [3.63, 3.8) is 0 Å². The molecule has 1 aromatic heterocycles. The minimum Gasteiger partial charge on any atom is -0.444 e. The molecule has 2 aliphatic rings. The molecule has 0 radical (unpaired) electrons. The molecule has 152 valence electrons. The molecule has 0 bridgehead atoms. The van der Waals surface area contributed by atoms with Crippen LogP contribution in [0.2, 0.25) is 0 Å². The Balaban J connectivity index is 1.38. The summed E-state index contributed by atoms with van der Waals surface area (Å²) in [6.45, 7) is 13.8. The fourth-order valence-electron chi connectivity index (χ4n) is 4.39. The van der Waals surface area contributed by atoms with Gasteiger partial charge in [0, 0.05) is 48.7 Å².